The van der Waals surface area contributed by atoms with Crippen LogP contribution in [0.5, 0.6) is 0 Å². The Kier molecular flexibility index (Phi) is 4.81. The quantitative estimate of drug-likeness (QED) is 0.486. The van der Waals surface area contributed by atoms with Crippen molar-refractivity contribution in [1.82, 2.24) is 0 Å². The second kappa shape index (κ2) is 6.79. The molecule has 7 atom stereocenters. The highest BCUT2D eigenvalue weighted by Crippen LogP contribution is 2.63. The van der Waals surface area contributed by atoms with Gasteiger partial charge >= 0.3 is 0 Å². The number of allylic oxidation sites excluding steroid dienone is 5. The van der Waals surface area contributed by atoms with Crippen LogP contribution in [0.1, 0.15) is 66.7 Å². The zero-order chi connectivity index (χ0) is 20.3. The minimum absolute atomic E-state index is 0.108. The fourth-order valence-electron chi connectivity index (χ4n) is 6.91. The molecular weight excluding hydrogens is 348 g/mol. The molecule has 1 saturated carbocycles. The monoisotopic (exact) mass is 382 g/mol. The van der Waals surface area contributed by atoms with E-state index in [0.717, 1.165) is 44.0 Å². The highest BCUT2D eigenvalue weighted by Gasteiger charge is 2.61. The summed E-state index contributed by atoms with van der Waals surface area (Å²) in [6.07, 6.45) is 12.4. The van der Waals surface area contributed by atoms with Crippen molar-refractivity contribution in [1.29, 1.82) is 0 Å². The maximum absolute atomic E-state index is 12.6. The Labute approximate surface area is 169 Å². The third-order valence-corrected chi connectivity index (χ3v) is 8.26. The zero-order valence-electron chi connectivity index (χ0n) is 18.0. The Morgan fingerprint density at radius 3 is 2.71 bits per heavy atom. The molecular formula is C25H34O3. The Hall–Kier alpha value is -1.48. The van der Waals surface area contributed by atoms with E-state index in [2.05, 4.69) is 46.8 Å². The highest BCUT2D eigenvalue weighted by atomic mass is 16.5. The minimum Gasteiger partial charge on any atom is -0.367 e. The predicted molar refractivity (Wildman–Crippen MR) is 111 cm³/mol. The lowest BCUT2D eigenvalue weighted by Gasteiger charge is -2.44. The lowest BCUT2D eigenvalue weighted by Crippen LogP contribution is -2.44. The first-order valence-corrected chi connectivity index (χ1v) is 10.9. The van der Waals surface area contributed by atoms with Crippen LogP contribution in [-0.4, -0.2) is 23.8 Å². The van der Waals surface area contributed by atoms with Crippen molar-refractivity contribution in [2.75, 3.05) is 0 Å². The summed E-state index contributed by atoms with van der Waals surface area (Å²) in [5.41, 5.74) is 3.18. The van der Waals surface area contributed by atoms with Crippen LogP contribution >= 0.6 is 0 Å². The Morgan fingerprint density at radius 2 is 2.04 bits per heavy atom. The van der Waals surface area contributed by atoms with Crippen LogP contribution in [0.25, 0.3) is 0 Å². The maximum atomic E-state index is 12.6. The van der Waals surface area contributed by atoms with Gasteiger partial charge in [0.25, 0.3) is 0 Å². The predicted octanol–water partition coefficient (Wildman–Crippen LogP) is 5.21. The summed E-state index contributed by atoms with van der Waals surface area (Å²) in [6, 6.07) is 0. The first kappa shape index (κ1) is 19.8. The van der Waals surface area contributed by atoms with Gasteiger partial charge in [0.2, 0.25) is 0 Å². The molecule has 152 valence electrons. The van der Waals surface area contributed by atoms with Crippen molar-refractivity contribution in [3.63, 3.8) is 0 Å². The van der Waals surface area contributed by atoms with Gasteiger partial charge in [0.1, 0.15) is 6.29 Å². The molecule has 0 bridgehead atoms. The second-order valence-corrected chi connectivity index (χ2v) is 10.3. The number of ether oxygens (including phenoxy) is 1. The molecule has 0 aromatic rings. The van der Waals surface area contributed by atoms with E-state index in [4.69, 9.17) is 4.74 Å². The van der Waals surface area contributed by atoms with E-state index in [-0.39, 0.29) is 34.7 Å². The standard InChI is InChI=1S/C25H34O3/c1-15(2)10-19-12-17(4)25(28-19)9-8-24(5)13-20-16(3)11-21(27)23(20)18(14-26)6-7-22(24)25/h6,10-11,14,17,19-20,22-23H,7-9,12-13H2,1-5H3/t17-,19-,20+,22+,23+,24+,25-/m0/s1. The number of aldehydes is 1. The van der Waals surface area contributed by atoms with E-state index in [1.54, 1.807) is 6.08 Å². The summed E-state index contributed by atoms with van der Waals surface area (Å²) in [7, 11) is 0. The number of hydrogen-bond acceptors (Lipinski definition) is 3. The molecule has 3 aliphatic carbocycles. The third-order valence-electron chi connectivity index (χ3n) is 8.26. The van der Waals surface area contributed by atoms with Gasteiger partial charge in [-0.25, -0.2) is 0 Å². The molecule has 2 fully saturated rings. The van der Waals surface area contributed by atoms with Gasteiger partial charge in [-0.1, -0.05) is 37.1 Å². The first-order valence-electron chi connectivity index (χ1n) is 10.9. The largest absolute Gasteiger partial charge is 0.367 e. The van der Waals surface area contributed by atoms with Crippen molar-refractivity contribution in [3.8, 4) is 0 Å². The van der Waals surface area contributed by atoms with Crippen molar-refractivity contribution in [2.45, 2.75) is 78.4 Å². The second-order valence-electron chi connectivity index (χ2n) is 10.3. The van der Waals surface area contributed by atoms with E-state index >= 15 is 0 Å². The zero-order valence-corrected chi connectivity index (χ0v) is 18.0. The Balaban J connectivity index is 1.73. The molecule has 4 rings (SSSR count). The van der Waals surface area contributed by atoms with Crippen molar-refractivity contribution in [2.24, 2.45) is 29.1 Å². The molecule has 28 heavy (non-hydrogen) atoms. The first-order chi connectivity index (χ1) is 13.2. The number of ketones is 1. The van der Waals surface area contributed by atoms with E-state index < -0.39 is 0 Å². The summed E-state index contributed by atoms with van der Waals surface area (Å²) in [6.45, 7) is 11.1. The minimum atomic E-state index is -0.257. The van der Waals surface area contributed by atoms with Gasteiger partial charge in [0.05, 0.1) is 17.6 Å². The van der Waals surface area contributed by atoms with Gasteiger partial charge in [-0.15, -0.1) is 0 Å². The molecule has 1 aliphatic heterocycles. The number of hydrogen-bond donors (Lipinski definition) is 0. The molecule has 0 amide bonds. The van der Waals surface area contributed by atoms with Gasteiger partial charge in [-0.05, 0) is 87.7 Å². The lowest BCUT2D eigenvalue weighted by atomic mass is 9.62. The van der Waals surface area contributed by atoms with E-state index in [1.165, 1.54) is 5.57 Å². The molecule has 0 radical (unpaired) electrons. The van der Waals surface area contributed by atoms with Crippen LogP contribution in [0.4, 0.5) is 0 Å². The van der Waals surface area contributed by atoms with Crippen LogP contribution in [-0.2, 0) is 14.3 Å². The normalized spacial score (nSPS) is 45.0. The van der Waals surface area contributed by atoms with Gasteiger partial charge in [0.15, 0.2) is 5.78 Å². The molecule has 3 nitrogen and oxygen atoms in total. The molecule has 0 aromatic carbocycles. The topological polar surface area (TPSA) is 43.4 Å². The van der Waals surface area contributed by atoms with E-state index in [9.17, 15) is 9.59 Å². The van der Waals surface area contributed by atoms with Crippen LogP contribution in [0.2, 0.25) is 0 Å². The van der Waals surface area contributed by atoms with Gasteiger partial charge in [0, 0.05) is 0 Å². The van der Waals surface area contributed by atoms with Gasteiger partial charge < -0.3 is 4.74 Å². The third kappa shape index (κ3) is 2.89. The van der Waals surface area contributed by atoms with Gasteiger partial charge in [-0.3, -0.25) is 9.59 Å². The van der Waals surface area contributed by atoms with Crippen LogP contribution in [0.3, 0.4) is 0 Å². The van der Waals surface area contributed by atoms with Crippen LogP contribution in [0, 0.1) is 29.1 Å². The summed E-state index contributed by atoms with van der Waals surface area (Å²) in [5, 5.41) is 0. The maximum Gasteiger partial charge on any atom is 0.163 e. The summed E-state index contributed by atoms with van der Waals surface area (Å²) < 4.78 is 6.82. The van der Waals surface area contributed by atoms with Crippen LogP contribution < -0.4 is 0 Å². The van der Waals surface area contributed by atoms with Gasteiger partial charge in [-0.2, -0.15) is 0 Å². The van der Waals surface area contributed by atoms with E-state index in [0.29, 0.717) is 17.4 Å². The highest BCUT2D eigenvalue weighted by molar-refractivity contribution is 6.01. The van der Waals surface area contributed by atoms with Crippen molar-refractivity contribution >= 4 is 12.1 Å². The van der Waals surface area contributed by atoms with Crippen molar-refractivity contribution in [3.05, 3.63) is 34.9 Å². The summed E-state index contributed by atoms with van der Waals surface area (Å²) in [4.78, 5) is 24.4. The fourth-order valence-corrected chi connectivity index (χ4v) is 6.91. The number of carbonyl (C=O) groups is 2. The average molecular weight is 383 g/mol. The smallest absolute Gasteiger partial charge is 0.163 e. The molecule has 0 aromatic heterocycles. The Morgan fingerprint density at radius 1 is 1.29 bits per heavy atom. The molecule has 0 unspecified atom stereocenters. The Bertz CT molecular complexity index is 784. The summed E-state index contributed by atoms with van der Waals surface area (Å²) >= 11 is 0. The number of carbonyl (C=O) groups excluding carboxylic acids is 2. The summed E-state index contributed by atoms with van der Waals surface area (Å²) in [5.74, 6) is 0.920. The van der Waals surface area contributed by atoms with Crippen LogP contribution in [0.15, 0.2) is 34.9 Å². The molecule has 1 heterocycles. The molecule has 3 heteroatoms. The molecule has 4 aliphatic rings. The number of fused-ring (bicyclic) bond motifs is 3. The fraction of sp³-hybridized carbons (Fsp3) is 0.680. The molecule has 1 saturated heterocycles. The van der Waals surface area contributed by atoms with Crippen molar-refractivity contribution < 1.29 is 14.3 Å². The SMILES string of the molecule is CC(C)=C[C@H]1C[C@H](C)[C@]2(CC[C@]3(C)C[C@@H]4C(C)=CC(=O)[C@@H]4C(C=O)=CC[C@H]32)O1. The molecule has 1 spiro atoms. The molecule has 0 N–H and O–H groups in total. The van der Waals surface area contributed by atoms with E-state index in [1.807, 2.05) is 0 Å². The average Bonchev–Trinajstić information content (AvgIpc) is 3.14. The number of rotatable bonds is 2. The lowest BCUT2D eigenvalue weighted by molar-refractivity contribution is -0.119.